The maximum absolute atomic E-state index is 10.1. The van der Waals surface area contributed by atoms with Crippen molar-refractivity contribution in [2.75, 3.05) is 28.4 Å². The number of methoxy groups -OCH3 is 4. The van der Waals surface area contributed by atoms with E-state index in [2.05, 4.69) is 6.07 Å². The molecule has 123 valence electrons. The van der Waals surface area contributed by atoms with Gasteiger partial charge in [-0.25, -0.2) is 0 Å². The quantitative estimate of drug-likeness (QED) is 0.852. The molecule has 0 aliphatic rings. The minimum Gasteiger partial charge on any atom is -0.502 e. The van der Waals surface area contributed by atoms with Gasteiger partial charge in [-0.2, -0.15) is 0 Å². The summed E-state index contributed by atoms with van der Waals surface area (Å²) in [5.41, 5.74) is 1.44. The van der Waals surface area contributed by atoms with Gasteiger partial charge in [0.05, 0.1) is 28.4 Å². The van der Waals surface area contributed by atoms with Crippen molar-refractivity contribution in [1.29, 1.82) is 0 Å². The van der Waals surface area contributed by atoms with Crippen molar-refractivity contribution in [3.8, 4) is 34.5 Å². The van der Waals surface area contributed by atoms with Gasteiger partial charge in [0.25, 0.3) is 0 Å². The third-order valence-electron chi connectivity index (χ3n) is 3.44. The highest BCUT2D eigenvalue weighted by Gasteiger charge is 2.17. The molecule has 0 heterocycles. The molecule has 2 N–H and O–H groups in total. The Balaban J connectivity index is 2.45. The molecule has 0 amide bonds. The number of benzene rings is 2. The largest absolute Gasteiger partial charge is 0.502 e. The van der Waals surface area contributed by atoms with E-state index in [1.165, 1.54) is 28.4 Å². The van der Waals surface area contributed by atoms with E-state index in [0.717, 1.165) is 5.56 Å². The second-order valence-electron chi connectivity index (χ2n) is 4.74. The lowest BCUT2D eigenvalue weighted by Gasteiger charge is -2.14. The molecule has 23 heavy (non-hydrogen) atoms. The van der Waals surface area contributed by atoms with Gasteiger partial charge in [-0.05, 0) is 29.8 Å². The summed E-state index contributed by atoms with van der Waals surface area (Å²) in [7, 11) is 5.84. The van der Waals surface area contributed by atoms with E-state index in [-0.39, 0.29) is 23.0 Å². The van der Waals surface area contributed by atoms with E-state index in [9.17, 15) is 10.2 Å². The molecular weight excluding hydrogens is 300 g/mol. The van der Waals surface area contributed by atoms with Crippen molar-refractivity contribution in [2.45, 2.75) is 6.42 Å². The van der Waals surface area contributed by atoms with Crippen LogP contribution in [-0.4, -0.2) is 38.7 Å². The normalized spacial score (nSPS) is 10.3. The predicted octanol–water partition coefficient (Wildman–Crippen LogP) is 2.52. The molecule has 2 aromatic carbocycles. The maximum atomic E-state index is 10.1. The van der Waals surface area contributed by atoms with E-state index in [1.807, 2.05) is 0 Å². The summed E-state index contributed by atoms with van der Waals surface area (Å²) in [5, 5.41) is 20.1. The molecule has 0 saturated carbocycles. The van der Waals surface area contributed by atoms with E-state index in [4.69, 9.17) is 18.9 Å². The highest BCUT2D eigenvalue weighted by atomic mass is 16.5. The van der Waals surface area contributed by atoms with E-state index in [1.54, 1.807) is 18.2 Å². The lowest BCUT2D eigenvalue weighted by Crippen LogP contribution is -1.98. The molecule has 0 fully saturated rings. The fourth-order valence-corrected chi connectivity index (χ4v) is 2.30. The molecule has 6 nitrogen and oxygen atoms in total. The van der Waals surface area contributed by atoms with Gasteiger partial charge >= 0.3 is 0 Å². The zero-order chi connectivity index (χ0) is 17.0. The summed E-state index contributed by atoms with van der Waals surface area (Å²) in [6.45, 7) is 0. The van der Waals surface area contributed by atoms with Crippen molar-refractivity contribution in [1.82, 2.24) is 0 Å². The Morgan fingerprint density at radius 1 is 0.826 bits per heavy atom. The predicted molar refractivity (Wildman–Crippen MR) is 84.1 cm³/mol. The smallest absolute Gasteiger partial charge is 0.201 e. The maximum Gasteiger partial charge on any atom is 0.201 e. The molecule has 6 heteroatoms. The minimum atomic E-state index is -0.0820. The molecule has 2 aromatic rings. The summed E-state index contributed by atoms with van der Waals surface area (Å²) < 4.78 is 20.6. The molecule has 0 atom stereocenters. The summed E-state index contributed by atoms with van der Waals surface area (Å²) in [6.07, 6.45) is 0.397. The van der Waals surface area contributed by atoms with Gasteiger partial charge in [0.2, 0.25) is 11.5 Å². The average Bonchev–Trinajstić information content (AvgIpc) is 2.56. The first-order valence-electron chi connectivity index (χ1n) is 6.84. The van der Waals surface area contributed by atoms with Gasteiger partial charge < -0.3 is 29.2 Å². The Morgan fingerprint density at radius 2 is 1.39 bits per heavy atom. The Morgan fingerprint density at radius 3 is 1.87 bits per heavy atom. The highest BCUT2D eigenvalue weighted by molar-refractivity contribution is 5.57. The molecular formula is C17H19O6. The first-order chi connectivity index (χ1) is 11.0. The van der Waals surface area contributed by atoms with Crippen molar-refractivity contribution < 1.29 is 29.2 Å². The molecule has 0 aliphatic carbocycles. The van der Waals surface area contributed by atoms with Gasteiger partial charge in [-0.3, -0.25) is 0 Å². The van der Waals surface area contributed by atoms with Crippen LogP contribution < -0.4 is 18.9 Å². The Hall–Kier alpha value is -2.76. The number of phenolic OH excluding ortho intramolecular Hbond substituents is 2. The van der Waals surface area contributed by atoms with Crippen LogP contribution in [0.2, 0.25) is 0 Å². The van der Waals surface area contributed by atoms with Crippen LogP contribution in [0, 0.1) is 6.07 Å². The van der Waals surface area contributed by atoms with Crippen LogP contribution in [0.4, 0.5) is 0 Å². The second-order valence-corrected chi connectivity index (χ2v) is 4.74. The van der Waals surface area contributed by atoms with Crippen LogP contribution in [0.15, 0.2) is 18.2 Å². The molecule has 2 rings (SSSR count). The number of hydrogen-bond donors (Lipinski definition) is 2. The standard InChI is InChI=1S/C17H19O6/c1-20-12-6-5-11(17(23-4)16(12)19)7-10-8-13(21-2)15(18)14(9-10)22-3/h6,8-9,18-19H,7H2,1-4H3. The molecule has 0 unspecified atom stereocenters. The van der Waals surface area contributed by atoms with Crippen molar-refractivity contribution in [3.05, 3.63) is 35.4 Å². The first-order valence-corrected chi connectivity index (χ1v) is 6.84. The molecule has 0 saturated heterocycles. The van der Waals surface area contributed by atoms with Crippen LogP contribution in [0.3, 0.4) is 0 Å². The van der Waals surface area contributed by atoms with Gasteiger partial charge in [0, 0.05) is 12.0 Å². The van der Waals surface area contributed by atoms with Crippen LogP contribution in [0.1, 0.15) is 11.1 Å². The highest BCUT2D eigenvalue weighted by Crippen LogP contribution is 2.41. The van der Waals surface area contributed by atoms with Crippen LogP contribution in [0.25, 0.3) is 0 Å². The number of aromatic hydroxyl groups is 2. The number of rotatable bonds is 6. The summed E-state index contributed by atoms with van der Waals surface area (Å²) in [6, 6.07) is 7.95. The third-order valence-corrected chi connectivity index (χ3v) is 3.44. The topological polar surface area (TPSA) is 77.4 Å². The van der Waals surface area contributed by atoms with Crippen molar-refractivity contribution >= 4 is 0 Å². The SMILES string of the molecule is COc1cc(Cc2[c]cc(OC)c(O)c2OC)cc(OC)c1O. The minimum absolute atomic E-state index is 0.0627. The van der Waals surface area contributed by atoms with Gasteiger partial charge in [-0.1, -0.05) is 0 Å². The molecule has 0 spiro atoms. The Labute approximate surface area is 134 Å². The van der Waals surface area contributed by atoms with Crippen molar-refractivity contribution in [3.63, 3.8) is 0 Å². The summed E-state index contributed by atoms with van der Waals surface area (Å²) >= 11 is 0. The Kier molecular flexibility index (Phi) is 5.05. The zero-order valence-corrected chi connectivity index (χ0v) is 13.5. The number of phenols is 2. The molecule has 0 aliphatic heterocycles. The third kappa shape index (κ3) is 3.21. The zero-order valence-electron chi connectivity index (χ0n) is 13.5. The fourth-order valence-electron chi connectivity index (χ4n) is 2.30. The van der Waals surface area contributed by atoms with Crippen molar-refractivity contribution in [2.24, 2.45) is 0 Å². The summed E-state index contributed by atoms with van der Waals surface area (Å²) in [4.78, 5) is 0. The number of hydrogen-bond acceptors (Lipinski definition) is 6. The van der Waals surface area contributed by atoms with E-state index >= 15 is 0 Å². The molecule has 0 bridgehead atoms. The van der Waals surface area contributed by atoms with Crippen LogP contribution in [-0.2, 0) is 6.42 Å². The van der Waals surface area contributed by atoms with E-state index < -0.39 is 0 Å². The van der Waals surface area contributed by atoms with Gasteiger partial charge in [-0.15, -0.1) is 0 Å². The average molecular weight is 319 g/mol. The van der Waals surface area contributed by atoms with E-state index in [0.29, 0.717) is 23.5 Å². The monoisotopic (exact) mass is 319 g/mol. The fraction of sp³-hybridized carbons (Fsp3) is 0.294. The molecule has 1 radical (unpaired) electrons. The second kappa shape index (κ2) is 7.00. The van der Waals surface area contributed by atoms with Crippen LogP contribution in [0.5, 0.6) is 34.5 Å². The van der Waals surface area contributed by atoms with Gasteiger partial charge in [0.1, 0.15) is 0 Å². The number of ether oxygens (including phenoxy) is 4. The summed E-state index contributed by atoms with van der Waals surface area (Å²) in [5.74, 6) is 1.03. The Bertz CT molecular complexity index is 671. The first kappa shape index (κ1) is 16.6. The lowest BCUT2D eigenvalue weighted by atomic mass is 10.0. The van der Waals surface area contributed by atoms with Gasteiger partial charge in [0.15, 0.2) is 23.0 Å². The molecule has 0 aromatic heterocycles. The van der Waals surface area contributed by atoms with Crippen LogP contribution >= 0.6 is 0 Å². The lowest BCUT2D eigenvalue weighted by molar-refractivity contribution is 0.336.